The van der Waals surface area contributed by atoms with Crippen molar-refractivity contribution < 1.29 is 13.9 Å². The summed E-state index contributed by atoms with van der Waals surface area (Å²) in [5.41, 5.74) is 3.60. The van der Waals surface area contributed by atoms with Crippen molar-refractivity contribution in [2.75, 3.05) is 14.2 Å². The van der Waals surface area contributed by atoms with E-state index in [-0.39, 0.29) is 5.41 Å². The van der Waals surface area contributed by atoms with Crippen LogP contribution in [0.5, 0.6) is 11.5 Å². The first-order chi connectivity index (χ1) is 10.9. The van der Waals surface area contributed by atoms with Crippen LogP contribution in [-0.4, -0.2) is 19.2 Å². The SMILES string of the molecule is COc1cccc(OC)c1-c1nc2cc(C(C)(C)C)ccc2o1. The third-order valence-corrected chi connectivity index (χ3v) is 3.90. The number of fused-ring (bicyclic) bond motifs is 1. The molecule has 0 aliphatic heterocycles. The number of rotatable bonds is 3. The Morgan fingerprint density at radius 2 is 1.61 bits per heavy atom. The molecule has 4 heteroatoms. The molecule has 0 aliphatic rings. The fraction of sp³-hybridized carbons (Fsp3) is 0.316. The molecule has 0 saturated heterocycles. The van der Waals surface area contributed by atoms with Crippen LogP contribution in [0.1, 0.15) is 26.3 Å². The van der Waals surface area contributed by atoms with Crippen LogP contribution in [0.3, 0.4) is 0 Å². The highest BCUT2D eigenvalue weighted by Crippen LogP contribution is 2.39. The monoisotopic (exact) mass is 311 g/mol. The first kappa shape index (κ1) is 15.4. The van der Waals surface area contributed by atoms with Crippen molar-refractivity contribution in [1.29, 1.82) is 0 Å². The lowest BCUT2D eigenvalue weighted by molar-refractivity contribution is 0.394. The van der Waals surface area contributed by atoms with Crippen molar-refractivity contribution in [1.82, 2.24) is 4.98 Å². The number of nitrogens with zero attached hydrogens (tertiary/aromatic N) is 1. The van der Waals surface area contributed by atoms with Gasteiger partial charge in [-0.2, -0.15) is 0 Å². The average Bonchev–Trinajstić information content (AvgIpc) is 2.95. The fourth-order valence-corrected chi connectivity index (χ4v) is 2.56. The van der Waals surface area contributed by atoms with Crippen molar-refractivity contribution >= 4 is 11.1 Å². The zero-order valence-electron chi connectivity index (χ0n) is 14.1. The smallest absolute Gasteiger partial charge is 0.234 e. The lowest BCUT2D eigenvalue weighted by Gasteiger charge is -2.18. The molecule has 1 aromatic heterocycles. The maximum atomic E-state index is 5.94. The number of hydrogen-bond acceptors (Lipinski definition) is 4. The maximum Gasteiger partial charge on any atom is 0.234 e. The predicted molar refractivity (Wildman–Crippen MR) is 91.2 cm³/mol. The van der Waals surface area contributed by atoms with Gasteiger partial charge in [0.2, 0.25) is 5.89 Å². The Balaban J connectivity index is 2.18. The molecule has 3 rings (SSSR count). The predicted octanol–water partition coefficient (Wildman–Crippen LogP) is 4.81. The minimum atomic E-state index is 0.0649. The number of aromatic nitrogens is 1. The summed E-state index contributed by atoms with van der Waals surface area (Å²) in [5, 5.41) is 0. The van der Waals surface area contributed by atoms with Crippen LogP contribution >= 0.6 is 0 Å². The summed E-state index contributed by atoms with van der Waals surface area (Å²) in [6.07, 6.45) is 0. The van der Waals surface area contributed by atoms with Gasteiger partial charge in [0.15, 0.2) is 5.58 Å². The molecule has 4 nitrogen and oxygen atoms in total. The van der Waals surface area contributed by atoms with E-state index in [1.54, 1.807) is 14.2 Å². The average molecular weight is 311 g/mol. The molecule has 120 valence electrons. The Kier molecular flexibility index (Phi) is 3.76. The topological polar surface area (TPSA) is 44.5 Å². The Labute approximate surface area is 136 Å². The van der Waals surface area contributed by atoms with Crippen molar-refractivity contribution in [3.63, 3.8) is 0 Å². The second-order valence-electron chi connectivity index (χ2n) is 6.49. The van der Waals surface area contributed by atoms with Gasteiger partial charge in [0, 0.05) is 0 Å². The lowest BCUT2D eigenvalue weighted by Crippen LogP contribution is -2.10. The van der Waals surface area contributed by atoms with E-state index in [0.717, 1.165) is 16.7 Å². The zero-order chi connectivity index (χ0) is 16.6. The summed E-state index contributed by atoms with van der Waals surface area (Å²) in [6.45, 7) is 6.54. The molecule has 0 N–H and O–H groups in total. The van der Waals surface area contributed by atoms with Crippen LogP contribution in [0.2, 0.25) is 0 Å². The Morgan fingerprint density at radius 1 is 0.957 bits per heavy atom. The summed E-state index contributed by atoms with van der Waals surface area (Å²) >= 11 is 0. The summed E-state index contributed by atoms with van der Waals surface area (Å²) in [5.74, 6) is 1.85. The van der Waals surface area contributed by atoms with Crippen LogP contribution in [0, 0.1) is 0 Å². The van der Waals surface area contributed by atoms with E-state index in [1.165, 1.54) is 5.56 Å². The quantitative estimate of drug-likeness (QED) is 0.696. The van der Waals surface area contributed by atoms with Gasteiger partial charge in [-0.05, 0) is 35.2 Å². The zero-order valence-corrected chi connectivity index (χ0v) is 14.1. The van der Waals surface area contributed by atoms with E-state index in [2.05, 4.69) is 37.9 Å². The molecule has 2 aromatic carbocycles. The number of methoxy groups -OCH3 is 2. The second-order valence-corrected chi connectivity index (χ2v) is 6.49. The molecule has 0 bridgehead atoms. The van der Waals surface area contributed by atoms with E-state index >= 15 is 0 Å². The van der Waals surface area contributed by atoms with Gasteiger partial charge in [-0.3, -0.25) is 0 Å². The molecular formula is C19H21NO3. The standard InChI is InChI=1S/C19H21NO3/c1-19(2,3)12-9-10-14-13(11-12)20-18(23-14)17-15(21-4)7-6-8-16(17)22-5/h6-11H,1-5H3. The second kappa shape index (κ2) is 5.61. The van der Waals surface area contributed by atoms with Gasteiger partial charge in [0.1, 0.15) is 22.6 Å². The number of hydrogen-bond donors (Lipinski definition) is 0. The summed E-state index contributed by atoms with van der Waals surface area (Å²) in [7, 11) is 3.25. The molecule has 0 unspecified atom stereocenters. The normalized spacial score (nSPS) is 11.7. The highest BCUT2D eigenvalue weighted by atomic mass is 16.5. The molecule has 0 saturated carbocycles. The van der Waals surface area contributed by atoms with Gasteiger partial charge >= 0.3 is 0 Å². The van der Waals surface area contributed by atoms with Crippen LogP contribution in [0.25, 0.3) is 22.6 Å². The van der Waals surface area contributed by atoms with Gasteiger partial charge in [-0.15, -0.1) is 0 Å². The molecular weight excluding hydrogens is 290 g/mol. The molecule has 23 heavy (non-hydrogen) atoms. The lowest BCUT2D eigenvalue weighted by atomic mass is 9.87. The first-order valence-electron chi connectivity index (χ1n) is 7.56. The summed E-state index contributed by atoms with van der Waals surface area (Å²) < 4.78 is 16.8. The van der Waals surface area contributed by atoms with E-state index < -0.39 is 0 Å². The fourth-order valence-electron chi connectivity index (χ4n) is 2.56. The third-order valence-electron chi connectivity index (χ3n) is 3.90. The van der Waals surface area contributed by atoms with Crippen LogP contribution < -0.4 is 9.47 Å². The molecule has 1 heterocycles. The van der Waals surface area contributed by atoms with E-state index in [9.17, 15) is 0 Å². The minimum absolute atomic E-state index is 0.0649. The number of ether oxygens (including phenoxy) is 2. The largest absolute Gasteiger partial charge is 0.496 e. The van der Waals surface area contributed by atoms with E-state index in [4.69, 9.17) is 13.9 Å². The molecule has 0 radical (unpaired) electrons. The van der Waals surface area contributed by atoms with Gasteiger partial charge in [0.05, 0.1) is 14.2 Å². The van der Waals surface area contributed by atoms with E-state index in [0.29, 0.717) is 17.4 Å². The molecule has 3 aromatic rings. The molecule has 0 spiro atoms. The van der Waals surface area contributed by atoms with Gasteiger partial charge in [-0.25, -0.2) is 4.98 Å². The van der Waals surface area contributed by atoms with Crippen LogP contribution in [0.15, 0.2) is 40.8 Å². The van der Waals surface area contributed by atoms with Crippen LogP contribution in [-0.2, 0) is 5.41 Å². The Bertz CT molecular complexity index is 821. The first-order valence-corrected chi connectivity index (χ1v) is 7.56. The molecule has 0 amide bonds. The van der Waals surface area contributed by atoms with E-state index in [1.807, 2.05) is 24.3 Å². The molecule has 0 atom stereocenters. The van der Waals surface area contributed by atoms with Gasteiger partial charge in [0.25, 0.3) is 0 Å². The van der Waals surface area contributed by atoms with Crippen LogP contribution in [0.4, 0.5) is 0 Å². The van der Waals surface area contributed by atoms with Gasteiger partial charge < -0.3 is 13.9 Å². The third kappa shape index (κ3) is 2.77. The van der Waals surface area contributed by atoms with Crippen molar-refractivity contribution in [3.8, 4) is 23.0 Å². The van der Waals surface area contributed by atoms with Gasteiger partial charge in [-0.1, -0.05) is 32.9 Å². The highest BCUT2D eigenvalue weighted by molar-refractivity contribution is 5.80. The van der Waals surface area contributed by atoms with Crippen molar-refractivity contribution in [3.05, 3.63) is 42.0 Å². The molecule has 0 fully saturated rings. The minimum Gasteiger partial charge on any atom is -0.496 e. The summed E-state index contributed by atoms with van der Waals surface area (Å²) in [6, 6.07) is 11.7. The van der Waals surface area contributed by atoms with Crippen molar-refractivity contribution in [2.24, 2.45) is 0 Å². The summed E-state index contributed by atoms with van der Waals surface area (Å²) in [4.78, 5) is 4.65. The number of benzene rings is 2. The number of oxazole rings is 1. The Morgan fingerprint density at radius 3 is 2.17 bits per heavy atom. The maximum absolute atomic E-state index is 5.94. The molecule has 0 aliphatic carbocycles. The highest BCUT2D eigenvalue weighted by Gasteiger charge is 2.20. The Hall–Kier alpha value is -2.49. The van der Waals surface area contributed by atoms with Crippen molar-refractivity contribution in [2.45, 2.75) is 26.2 Å².